The number of ether oxygens (including phenoxy) is 2. The number of Topliss-reactive ketones (excluding diaryl/α,β-unsaturated/α-hetero) is 1. The smallest absolute Gasteiger partial charge is 0.197 e. The van der Waals surface area contributed by atoms with Gasteiger partial charge in [-0.3, -0.25) is 4.79 Å². The van der Waals surface area contributed by atoms with E-state index in [1.54, 1.807) is 6.92 Å². The van der Waals surface area contributed by atoms with Crippen LogP contribution in [0.4, 0.5) is 0 Å². The maximum Gasteiger partial charge on any atom is 0.197 e. The highest BCUT2D eigenvalue weighted by Gasteiger charge is 2.53. The summed E-state index contributed by atoms with van der Waals surface area (Å²) in [6, 6.07) is 0. The molecule has 3 nitrogen and oxygen atoms in total. The Balaban J connectivity index is 2.03. The van der Waals surface area contributed by atoms with Gasteiger partial charge in [-0.25, -0.2) is 0 Å². The average molecular weight is 128 g/mol. The van der Waals surface area contributed by atoms with Gasteiger partial charge < -0.3 is 9.47 Å². The van der Waals surface area contributed by atoms with Crippen LogP contribution in [-0.2, 0) is 14.3 Å². The number of ketones is 1. The maximum atomic E-state index is 11.0. The van der Waals surface area contributed by atoms with Crippen LogP contribution in [0.25, 0.3) is 0 Å². The van der Waals surface area contributed by atoms with E-state index in [1.807, 2.05) is 0 Å². The van der Waals surface area contributed by atoms with Crippen LogP contribution in [0.5, 0.6) is 0 Å². The highest BCUT2D eigenvalue weighted by molar-refractivity contribution is 5.94. The number of epoxide rings is 2. The first-order valence-corrected chi connectivity index (χ1v) is 3.02. The fourth-order valence-electron chi connectivity index (χ4n) is 0.791. The first kappa shape index (κ1) is 5.38. The molecular formula is C6H8O3. The quantitative estimate of drug-likeness (QED) is 0.481. The van der Waals surface area contributed by atoms with Gasteiger partial charge in [0.25, 0.3) is 0 Å². The number of carbonyl (C=O) groups excluding carboxylic acids is 1. The molecule has 0 aromatic rings. The predicted octanol–water partition coefficient (Wildman–Crippen LogP) is -0.257. The van der Waals surface area contributed by atoms with E-state index in [9.17, 15) is 4.79 Å². The minimum absolute atomic E-state index is 0.113. The van der Waals surface area contributed by atoms with Crippen LogP contribution in [0.15, 0.2) is 0 Å². The summed E-state index contributed by atoms with van der Waals surface area (Å²) in [5.41, 5.74) is -0.471. The molecule has 0 aliphatic carbocycles. The van der Waals surface area contributed by atoms with Crippen molar-refractivity contribution in [1.82, 2.24) is 0 Å². The Kier molecular flexibility index (Phi) is 0.811. The second-order valence-electron chi connectivity index (χ2n) is 2.71. The van der Waals surface area contributed by atoms with Crippen molar-refractivity contribution in [2.75, 3.05) is 13.2 Å². The van der Waals surface area contributed by atoms with Crippen LogP contribution in [0.3, 0.4) is 0 Å². The van der Waals surface area contributed by atoms with Crippen molar-refractivity contribution in [2.45, 2.75) is 18.6 Å². The van der Waals surface area contributed by atoms with Gasteiger partial charge in [0.05, 0.1) is 13.2 Å². The number of carbonyl (C=O) groups is 1. The predicted molar refractivity (Wildman–Crippen MR) is 29.1 cm³/mol. The monoisotopic (exact) mass is 128 g/mol. The van der Waals surface area contributed by atoms with Gasteiger partial charge in [-0.1, -0.05) is 0 Å². The first-order valence-electron chi connectivity index (χ1n) is 3.02. The zero-order chi connectivity index (χ0) is 6.48. The second-order valence-corrected chi connectivity index (χ2v) is 2.71. The van der Waals surface area contributed by atoms with Gasteiger partial charge in [0, 0.05) is 0 Å². The molecule has 2 heterocycles. The first-order chi connectivity index (χ1) is 4.22. The van der Waals surface area contributed by atoms with Gasteiger partial charge in [0.1, 0.15) is 11.7 Å². The molecule has 2 aliphatic heterocycles. The van der Waals surface area contributed by atoms with Crippen LogP contribution in [-0.4, -0.2) is 30.7 Å². The Morgan fingerprint density at radius 3 is 2.67 bits per heavy atom. The molecule has 0 aromatic carbocycles. The molecule has 0 saturated carbocycles. The van der Waals surface area contributed by atoms with Crippen molar-refractivity contribution in [3.63, 3.8) is 0 Å². The van der Waals surface area contributed by atoms with Gasteiger partial charge in [0.2, 0.25) is 0 Å². The highest BCUT2D eigenvalue weighted by Crippen LogP contribution is 2.31. The average Bonchev–Trinajstić information content (AvgIpc) is 2.54. The van der Waals surface area contributed by atoms with Crippen molar-refractivity contribution >= 4 is 5.78 Å². The number of rotatable bonds is 2. The lowest BCUT2D eigenvalue weighted by Crippen LogP contribution is -2.25. The maximum absolute atomic E-state index is 11.0. The van der Waals surface area contributed by atoms with E-state index in [1.165, 1.54) is 0 Å². The molecule has 9 heavy (non-hydrogen) atoms. The van der Waals surface area contributed by atoms with E-state index in [-0.39, 0.29) is 11.9 Å². The molecule has 2 aliphatic rings. The third kappa shape index (κ3) is 0.767. The van der Waals surface area contributed by atoms with E-state index < -0.39 is 5.60 Å². The van der Waals surface area contributed by atoms with Gasteiger partial charge in [0.15, 0.2) is 5.78 Å². The van der Waals surface area contributed by atoms with Crippen LogP contribution in [0.2, 0.25) is 0 Å². The molecule has 2 atom stereocenters. The lowest BCUT2D eigenvalue weighted by Gasteiger charge is -1.96. The van der Waals surface area contributed by atoms with Crippen LogP contribution >= 0.6 is 0 Å². The topological polar surface area (TPSA) is 42.1 Å². The molecule has 0 amide bonds. The molecule has 0 bridgehead atoms. The SMILES string of the molecule is CC1(C(=O)C2CO2)CO1. The minimum Gasteiger partial charge on any atom is -0.365 e. The zero-order valence-corrected chi connectivity index (χ0v) is 5.22. The molecule has 2 saturated heterocycles. The van der Waals surface area contributed by atoms with Crippen LogP contribution < -0.4 is 0 Å². The molecule has 2 fully saturated rings. The highest BCUT2D eigenvalue weighted by atomic mass is 16.6. The second kappa shape index (κ2) is 1.36. The molecule has 0 spiro atoms. The summed E-state index contributed by atoms with van der Waals surface area (Å²) in [7, 11) is 0. The summed E-state index contributed by atoms with van der Waals surface area (Å²) in [6.45, 7) is 2.97. The van der Waals surface area contributed by atoms with E-state index in [0.717, 1.165) is 0 Å². The number of hydrogen-bond donors (Lipinski definition) is 0. The summed E-state index contributed by atoms with van der Waals surface area (Å²) in [5, 5.41) is 0. The standard InChI is InChI=1S/C6H8O3/c1-6(3-9-6)5(7)4-2-8-4/h4H,2-3H2,1H3. The summed E-state index contributed by atoms with van der Waals surface area (Å²) in [4.78, 5) is 11.0. The summed E-state index contributed by atoms with van der Waals surface area (Å²) in [6.07, 6.45) is -0.141. The molecular weight excluding hydrogens is 120 g/mol. The van der Waals surface area contributed by atoms with Gasteiger partial charge in [-0.05, 0) is 6.92 Å². The van der Waals surface area contributed by atoms with Crippen molar-refractivity contribution < 1.29 is 14.3 Å². The van der Waals surface area contributed by atoms with Crippen LogP contribution in [0.1, 0.15) is 6.92 Å². The summed E-state index contributed by atoms with van der Waals surface area (Å²) < 4.78 is 9.74. The normalized spacial score (nSPS) is 46.6. The van der Waals surface area contributed by atoms with Crippen molar-refractivity contribution in [2.24, 2.45) is 0 Å². The Bertz CT molecular complexity index is 156. The van der Waals surface area contributed by atoms with E-state index in [4.69, 9.17) is 9.47 Å². The molecule has 50 valence electrons. The molecule has 0 N–H and O–H groups in total. The van der Waals surface area contributed by atoms with Crippen molar-refractivity contribution in [3.8, 4) is 0 Å². The lowest BCUT2D eigenvalue weighted by molar-refractivity contribution is -0.124. The Morgan fingerprint density at radius 2 is 2.33 bits per heavy atom. The molecule has 2 unspecified atom stereocenters. The zero-order valence-electron chi connectivity index (χ0n) is 5.22. The summed E-state index contributed by atoms with van der Waals surface area (Å²) in [5.74, 6) is 0.113. The molecule has 0 aromatic heterocycles. The van der Waals surface area contributed by atoms with Gasteiger partial charge >= 0.3 is 0 Å². The Hall–Kier alpha value is -0.410. The molecule has 0 radical (unpaired) electrons. The molecule has 2 rings (SSSR count). The minimum atomic E-state index is -0.471. The Morgan fingerprint density at radius 1 is 1.78 bits per heavy atom. The largest absolute Gasteiger partial charge is 0.365 e. The fourth-order valence-corrected chi connectivity index (χ4v) is 0.791. The Labute approximate surface area is 52.9 Å². The number of hydrogen-bond acceptors (Lipinski definition) is 3. The summed E-state index contributed by atoms with van der Waals surface area (Å²) >= 11 is 0. The van der Waals surface area contributed by atoms with Crippen molar-refractivity contribution in [3.05, 3.63) is 0 Å². The van der Waals surface area contributed by atoms with Gasteiger partial charge in [-0.15, -0.1) is 0 Å². The third-order valence-corrected chi connectivity index (χ3v) is 1.72. The van der Waals surface area contributed by atoms with E-state index >= 15 is 0 Å². The van der Waals surface area contributed by atoms with Gasteiger partial charge in [-0.2, -0.15) is 0 Å². The fraction of sp³-hybridized carbons (Fsp3) is 0.833. The molecule has 3 heteroatoms. The van der Waals surface area contributed by atoms with E-state index in [0.29, 0.717) is 13.2 Å². The van der Waals surface area contributed by atoms with Crippen LogP contribution in [0, 0.1) is 0 Å². The third-order valence-electron chi connectivity index (χ3n) is 1.72. The van der Waals surface area contributed by atoms with Crippen molar-refractivity contribution in [1.29, 1.82) is 0 Å². The lowest BCUT2D eigenvalue weighted by atomic mass is 10.1. The van der Waals surface area contributed by atoms with E-state index in [2.05, 4.69) is 0 Å².